The van der Waals surface area contributed by atoms with E-state index in [9.17, 15) is 14.4 Å². The number of carbonyl (C=O) groups excluding carboxylic acids is 1. The van der Waals surface area contributed by atoms with Gasteiger partial charge in [0.05, 0.1) is 6.42 Å². The van der Waals surface area contributed by atoms with Crippen LogP contribution in [0, 0.1) is 0 Å². The third-order valence-corrected chi connectivity index (χ3v) is 1.76. The number of allylic oxidation sites excluding steroid dienone is 1. The first-order valence-corrected chi connectivity index (χ1v) is 4.95. The highest BCUT2D eigenvalue weighted by molar-refractivity contribution is 5.86. The summed E-state index contributed by atoms with van der Waals surface area (Å²) in [5.41, 5.74) is 1.01. The Bertz CT molecular complexity index is 334. The number of carboxylic acid groups (broad SMARTS) is 2. The number of carboxylic acids is 2. The van der Waals surface area contributed by atoms with E-state index in [1.807, 2.05) is 13.8 Å². The van der Waals surface area contributed by atoms with Crippen LogP contribution in [0.4, 0.5) is 4.79 Å². The highest BCUT2D eigenvalue weighted by Gasteiger charge is 2.22. The highest BCUT2D eigenvalue weighted by atomic mass is 16.4. The largest absolute Gasteiger partial charge is 0.481 e. The van der Waals surface area contributed by atoms with E-state index >= 15 is 0 Å². The predicted molar refractivity (Wildman–Crippen MR) is 59.6 cm³/mol. The van der Waals surface area contributed by atoms with Crippen LogP contribution in [0.5, 0.6) is 0 Å². The third-order valence-electron chi connectivity index (χ3n) is 1.76. The first kappa shape index (κ1) is 14.9. The Morgan fingerprint density at radius 3 is 2.24 bits per heavy atom. The molecular formula is C10H16N2O5. The smallest absolute Gasteiger partial charge is 0.326 e. The molecule has 0 unspecified atom stereocenters. The van der Waals surface area contributed by atoms with Crippen LogP contribution in [0.25, 0.3) is 0 Å². The lowest BCUT2D eigenvalue weighted by molar-refractivity contribution is -0.145. The number of nitrogens with one attached hydrogen (secondary N) is 2. The fourth-order valence-corrected chi connectivity index (χ4v) is 0.932. The molecular weight excluding hydrogens is 228 g/mol. The molecule has 0 rings (SSSR count). The van der Waals surface area contributed by atoms with Crippen molar-refractivity contribution in [3.05, 3.63) is 11.6 Å². The molecule has 0 aromatic rings. The summed E-state index contributed by atoms with van der Waals surface area (Å²) in [6, 6.07) is -2.14. The molecule has 96 valence electrons. The van der Waals surface area contributed by atoms with Gasteiger partial charge in [-0.25, -0.2) is 9.59 Å². The molecule has 0 radical (unpaired) electrons. The van der Waals surface area contributed by atoms with Crippen LogP contribution in [-0.4, -0.2) is 40.8 Å². The number of amides is 2. The molecule has 0 aromatic carbocycles. The summed E-state index contributed by atoms with van der Waals surface area (Å²) in [5.74, 6) is -2.67. The van der Waals surface area contributed by atoms with E-state index < -0.39 is 30.4 Å². The van der Waals surface area contributed by atoms with Gasteiger partial charge in [-0.2, -0.15) is 0 Å². The average molecular weight is 244 g/mol. The first-order valence-electron chi connectivity index (χ1n) is 4.95. The van der Waals surface area contributed by atoms with Crippen molar-refractivity contribution in [2.45, 2.75) is 26.3 Å². The zero-order valence-corrected chi connectivity index (χ0v) is 9.69. The molecule has 0 fully saturated rings. The van der Waals surface area contributed by atoms with Crippen molar-refractivity contribution in [3.8, 4) is 0 Å². The normalized spacial score (nSPS) is 11.2. The summed E-state index contributed by atoms with van der Waals surface area (Å²) in [5, 5.41) is 21.6. The number of aliphatic carboxylic acids is 2. The van der Waals surface area contributed by atoms with E-state index in [1.54, 1.807) is 6.08 Å². The molecule has 7 nitrogen and oxygen atoms in total. The second kappa shape index (κ2) is 7.26. The van der Waals surface area contributed by atoms with Gasteiger partial charge < -0.3 is 20.8 Å². The summed E-state index contributed by atoms with van der Waals surface area (Å²) < 4.78 is 0. The van der Waals surface area contributed by atoms with Crippen LogP contribution in [0.15, 0.2) is 11.6 Å². The summed E-state index contributed by atoms with van der Waals surface area (Å²) >= 11 is 0. The van der Waals surface area contributed by atoms with Gasteiger partial charge in [0.1, 0.15) is 6.04 Å². The third kappa shape index (κ3) is 7.83. The molecule has 0 saturated carbocycles. The maximum Gasteiger partial charge on any atom is 0.326 e. The quantitative estimate of drug-likeness (QED) is 0.497. The van der Waals surface area contributed by atoms with E-state index in [0.717, 1.165) is 5.57 Å². The maximum absolute atomic E-state index is 11.2. The standard InChI is InChI=1S/C10H16N2O5/c1-6(2)3-4-11-10(17)12-7(9(15)16)5-8(13)14/h3,7H,4-5H2,1-2H3,(H,13,14)(H,15,16)(H2,11,12,17)/t7-/m1/s1. The van der Waals surface area contributed by atoms with Crippen molar-refractivity contribution in [3.63, 3.8) is 0 Å². The Hall–Kier alpha value is -2.05. The van der Waals surface area contributed by atoms with Crippen molar-refractivity contribution in [1.82, 2.24) is 10.6 Å². The summed E-state index contributed by atoms with van der Waals surface area (Å²) in [6.45, 7) is 3.96. The van der Waals surface area contributed by atoms with Crippen LogP contribution in [0.1, 0.15) is 20.3 Å². The Labute approximate surface area is 98.5 Å². The van der Waals surface area contributed by atoms with Gasteiger partial charge in [0.15, 0.2) is 0 Å². The minimum absolute atomic E-state index is 0.258. The summed E-state index contributed by atoms with van der Waals surface area (Å²) in [7, 11) is 0. The summed E-state index contributed by atoms with van der Waals surface area (Å²) in [4.78, 5) is 32.2. The molecule has 4 N–H and O–H groups in total. The number of hydrogen-bond acceptors (Lipinski definition) is 3. The van der Waals surface area contributed by atoms with E-state index in [1.165, 1.54) is 0 Å². The van der Waals surface area contributed by atoms with Gasteiger partial charge in [0.2, 0.25) is 0 Å². The molecule has 0 heterocycles. The van der Waals surface area contributed by atoms with Crippen molar-refractivity contribution in [2.24, 2.45) is 0 Å². The predicted octanol–water partition coefficient (Wildman–Crippen LogP) is 0.180. The van der Waals surface area contributed by atoms with E-state index in [-0.39, 0.29) is 6.54 Å². The number of urea groups is 1. The monoisotopic (exact) mass is 244 g/mol. The molecule has 0 saturated heterocycles. The Kier molecular flexibility index (Phi) is 6.39. The number of hydrogen-bond donors (Lipinski definition) is 4. The van der Waals surface area contributed by atoms with Gasteiger partial charge in [-0.15, -0.1) is 0 Å². The minimum Gasteiger partial charge on any atom is -0.481 e. The number of rotatable bonds is 6. The second-order valence-electron chi connectivity index (χ2n) is 3.62. The fraction of sp³-hybridized carbons (Fsp3) is 0.500. The average Bonchev–Trinajstić information content (AvgIpc) is 2.15. The van der Waals surface area contributed by atoms with Crippen LogP contribution in [-0.2, 0) is 9.59 Å². The molecule has 0 bridgehead atoms. The second-order valence-corrected chi connectivity index (χ2v) is 3.62. The Balaban J connectivity index is 4.17. The lowest BCUT2D eigenvalue weighted by Gasteiger charge is -2.12. The molecule has 7 heteroatoms. The zero-order valence-electron chi connectivity index (χ0n) is 9.69. The van der Waals surface area contributed by atoms with Crippen molar-refractivity contribution in [2.75, 3.05) is 6.54 Å². The van der Waals surface area contributed by atoms with E-state index in [0.29, 0.717) is 0 Å². The van der Waals surface area contributed by atoms with Crippen molar-refractivity contribution < 1.29 is 24.6 Å². The van der Waals surface area contributed by atoms with Crippen molar-refractivity contribution >= 4 is 18.0 Å². The van der Waals surface area contributed by atoms with Gasteiger partial charge in [-0.3, -0.25) is 4.79 Å². The van der Waals surface area contributed by atoms with E-state index in [2.05, 4.69) is 10.6 Å². The van der Waals surface area contributed by atoms with Gasteiger partial charge in [-0.1, -0.05) is 11.6 Å². The Morgan fingerprint density at radius 2 is 1.82 bits per heavy atom. The molecule has 0 aromatic heterocycles. The topological polar surface area (TPSA) is 116 Å². The molecule has 1 atom stereocenters. The van der Waals surface area contributed by atoms with Gasteiger partial charge >= 0.3 is 18.0 Å². The number of carbonyl (C=O) groups is 3. The zero-order chi connectivity index (χ0) is 13.4. The molecule has 0 spiro atoms. The maximum atomic E-state index is 11.2. The molecule has 0 aliphatic carbocycles. The SMILES string of the molecule is CC(C)=CCNC(=O)N[C@H](CC(=O)O)C(=O)O. The summed E-state index contributed by atoms with van der Waals surface area (Å²) in [6.07, 6.45) is 1.08. The minimum atomic E-state index is -1.43. The lowest BCUT2D eigenvalue weighted by Crippen LogP contribution is -2.47. The fourth-order valence-electron chi connectivity index (χ4n) is 0.932. The van der Waals surface area contributed by atoms with Crippen molar-refractivity contribution in [1.29, 1.82) is 0 Å². The van der Waals surface area contributed by atoms with Crippen LogP contribution in [0.3, 0.4) is 0 Å². The van der Waals surface area contributed by atoms with E-state index in [4.69, 9.17) is 10.2 Å². The molecule has 17 heavy (non-hydrogen) atoms. The van der Waals surface area contributed by atoms with Crippen LogP contribution >= 0.6 is 0 Å². The van der Waals surface area contributed by atoms with Crippen LogP contribution < -0.4 is 10.6 Å². The van der Waals surface area contributed by atoms with Gasteiger partial charge in [0, 0.05) is 6.54 Å². The lowest BCUT2D eigenvalue weighted by atomic mass is 10.2. The van der Waals surface area contributed by atoms with Gasteiger partial charge in [-0.05, 0) is 13.8 Å². The Morgan fingerprint density at radius 1 is 1.24 bits per heavy atom. The molecule has 0 aliphatic rings. The molecule has 0 aliphatic heterocycles. The van der Waals surface area contributed by atoms with Crippen LogP contribution in [0.2, 0.25) is 0 Å². The first-order chi connectivity index (χ1) is 7.82. The van der Waals surface area contributed by atoms with Gasteiger partial charge in [0.25, 0.3) is 0 Å². The molecule has 2 amide bonds. The highest BCUT2D eigenvalue weighted by Crippen LogP contribution is 1.92.